The van der Waals surface area contributed by atoms with Crippen molar-refractivity contribution in [1.29, 1.82) is 0 Å². The van der Waals surface area contributed by atoms with Crippen LogP contribution in [-0.4, -0.2) is 37.0 Å². The Kier molecular flexibility index (Phi) is 6.01. The number of nitrogens with one attached hydrogen (secondary N) is 1. The monoisotopic (exact) mass is 398 g/mol. The molecule has 0 bridgehead atoms. The Bertz CT molecular complexity index is 878. The highest BCUT2D eigenvalue weighted by Crippen LogP contribution is 2.33. The Hall–Kier alpha value is -2.44. The van der Waals surface area contributed by atoms with Crippen molar-refractivity contribution in [3.8, 4) is 0 Å². The summed E-state index contributed by atoms with van der Waals surface area (Å²) >= 11 is 1.45. The summed E-state index contributed by atoms with van der Waals surface area (Å²) in [6, 6.07) is 11.7. The molecule has 2 heterocycles. The van der Waals surface area contributed by atoms with E-state index in [2.05, 4.69) is 26.1 Å². The highest BCUT2D eigenvalue weighted by Gasteiger charge is 2.39. The fourth-order valence-corrected chi connectivity index (χ4v) is 3.88. The first-order chi connectivity index (χ1) is 13.3. The van der Waals surface area contributed by atoms with Crippen LogP contribution in [0.15, 0.2) is 47.5 Å². The molecule has 0 aliphatic carbocycles. The molecule has 5 nitrogen and oxygen atoms in total. The third-order valence-electron chi connectivity index (χ3n) is 4.69. The van der Waals surface area contributed by atoms with E-state index in [-0.39, 0.29) is 17.2 Å². The normalized spacial score (nSPS) is 14.9. The summed E-state index contributed by atoms with van der Waals surface area (Å²) in [6.07, 6.45) is 0.610. The molecular formula is C22H26N2O3S. The van der Waals surface area contributed by atoms with Crippen molar-refractivity contribution in [3.05, 3.63) is 57.9 Å². The van der Waals surface area contributed by atoms with Gasteiger partial charge in [-0.3, -0.25) is 14.5 Å². The van der Waals surface area contributed by atoms with Crippen molar-refractivity contribution < 1.29 is 14.3 Å². The van der Waals surface area contributed by atoms with Crippen molar-refractivity contribution in [2.45, 2.75) is 32.6 Å². The van der Waals surface area contributed by atoms with Gasteiger partial charge in [-0.1, -0.05) is 39.0 Å². The number of hydrogen-bond acceptors (Lipinski definition) is 5. The quantitative estimate of drug-likeness (QED) is 0.559. The van der Waals surface area contributed by atoms with Gasteiger partial charge in [-0.05, 0) is 41.0 Å². The first-order valence-corrected chi connectivity index (χ1v) is 10.2. The van der Waals surface area contributed by atoms with Gasteiger partial charge < -0.3 is 10.1 Å². The molecule has 0 radical (unpaired) electrons. The number of hydrogen-bond donors (Lipinski definition) is 1. The van der Waals surface area contributed by atoms with Gasteiger partial charge in [-0.15, -0.1) is 11.3 Å². The standard InChI is InChI=1S/C22H26N2O3S/c1-22(2,3)15-8-10-16(11-9-15)23-19-18(17-7-5-14-28-17)20(25)24(21(19)26)12-6-13-27-4/h5,7-11,14,23H,6,12-13H2,1-4H3. The minimum Gasteiger partial charge on any atom is -0.385 e. The number of amides is 2. The number of carbonyl (C=O) groups excluding carboxylic acids is 2. The molecule has 0 unspecified atom stereocenters. The molecule has 28 heavy (non-hydrogen) atoms. The number of benzene rings is 1. The molecule has 2 aromatic rings. The summed E-state index contributed by atoms with van der Waals surface area (Å²) in [4.78, 5) is 28.1. The van der Waals surface area contributed by atoms with Crippen LogP contribution >= 0.6 is 11.3 Å². The summed E-state index contributed by atoms with van der Waals surface area (Å²) in [5.74, 6) is -0.540. The third kappa shape index (κ3) is 4.18. The van der Waals surface area contributed by atoms with Crippen LogP contribution in [0.4, 0.5) is 5.69 Å². The number of carbonyl (C=O) groups is 2. The van der Waals surface area contributed by atoms with Gasteiger partial charge >= 0.3 is 0 Å². The highest BCUT2D eigenvalue weighted by molar-refractivity contribution is 7.11. The molecule has 0 spiro atoms. The fourth-order valence-electron chi connectivity index (χ4n) is 3.11. The average molecular weight is 399 g/mol. The zero-order valence-corrected chi connectivity index (χ0v) is 17.6. The fraction of sp³-hybridized carbons (Fsp3) is 0.364. The maximum atomic E-state index is 13.0. The molecule has 0 saturated carbocycles. The van der Waals surface area contributed by atoms with E-state index in [1.54, 1.807) is 7.11 Å². The molecule has 6 heteroatoms. The van der Waals surface area contributed by atoms with E-state index in [0.29, 0.717) is 30.8 Å². The number of nitrogens with zero attached hydrogens (tertiary/aromatic N) is 1. The molecular weight excluding hydrogens is 372 g/mol. The van der Waals surface area contributed by atoms with E-state index < -0.39 is 0 Å². The summed E-state index contributed by atoms with van der Waals surface area (Å²) in [6.45, 7) is 7.31. The first-order valence-electron chi connectivity index (χ1n) is 9.34. The van der Waals surface area contributed by atoms with Crippen LogP contribution in [-0.2, 0) is 19.7 Å². The molecule has 1 aromatic carbocycles. The van der Waals surface area contributed by atoms with E-state index in [0.717, 1.165) is 10.6 Å². The van der Waals surface area contributed by atoms with E-state index >= 15 is 0 Å². The van der Waals surface area contributed by atoms with Gasteiger partial charge in [-0.25, -0.2) is 0 Å². The summed E-state index contributed by atoms with van der Waals surface area (Å²) in [5, 5.41) is 5.11. The Balaban J connectivity index is 1.90. The molecule has 0 atom stereocenters. The number of methoxy groups -OCH3 is 1. The highest BCUT2D eigenvalue weighted by atomic mass is 32.1. The summed E-state index contributed by atoms with van der Waals surface area (Å²) < 4.78 is 5.06. The SMILES string of the molecule is COCCCN1C(=O)C(Nc2ccc(C(C)(C)C)cc2)=C(c2cccs2)C1=O. The maximum absolute atomic E-state index is 13.0. The average Bonchev–Trinajstić information content (AvgIpc) is 3.24. The summed E-state index contributed by atoms with van der Waals surface area (Å²) in [5.41, 5.74) is 2.83. The number of anilines is 1. The maximum Gasteiger partial charge on any atom is 0.278 e. The van der Waals surface area contributed by atoms with E-state index in [9.17, 15) is 9.59 Å². The van der Waals surface area contributed by atoms with Gasteiger partial charge in [-0.2, -0.15) is 0 Å². The molecule has 2 amide bonds. The van der Waals surface area contributed by atoms with Crippen LogP contribution in [0.1, 0.15) is 37.6 Å². The van der Waals surface area contributed by atoms with Crippen molar-refractivity contribution >= 4 is 34.4 Å². The first kappa shape index (κ1) is 20.3. The Labute approximate surface area is 170 Å². The molecule has 1 aromatic heterocycles. The zero-order chi connectivity index (χ0) is 20.3. The van der Waals surface area contributed by atoms with Crippen molar-refractivity contribution in [1.82, 2.24) is 4.90 Å². The van der Waals surface area contributed by atoms with Gasteiger partial charge in [0.25, 0.3) is 11.8 Å². The zero-order valence-electron chi connectivity index (χ0n) is 16.7. The van der Waals surface area contributed by atoms with Crippen LogP contribution in [0, 0.1) is 0 Å². The number of rotatable bonds is 7. The van der Waals surface area contributed by atoms with Crippen LogP contribution in [0.3, 0.4) is 0 Å². The van der Waals surface area contributed by atoms with E-state index in [1.165, 1.54) is 21.8 Å². The topological polar surface area (TPSA) is 58.6 Å². The lowest BCUT2D eigenvalue weighted by atomic mass is 9.87. The third-order valence-corrected chi connectivity index (χ3v) is 5.57. The van der Waals surface area contributed by atoms with E-state index in [1.807, 2.05) is 41.8 Å². The predicted octanol–water partition coefficient (Wildman–Crippen LogP) is 4.27. The van der Waals surface area contributed by atoms with Crippen LogP contribution in [0.25, 0.3) is 5.57 Å². The number of thiophene rings is 1. The lowest BCUT2D eigenvalue weighted by molar-refractivity contribution is -0.136. The van der Waals surface area contributed by atoms with Crippen molar-refractivity contribution in [2.24, 2.45) is 0 Å². The minimum absolute atomic E-state index is 0.0528. The predicted molar refractivity (Wildman–Crippen MR) is 113 cm³/mol. The second-order valence-electron chi connectivity index (χ2n) is 7.79. The molecule has 1 N–H and O–H groups in total. The minimum atomic E-state index is -0.288. The van der Waals surface area contributed by atoms with Gasteiger partial charge in [0.2, 0.25) is 0 Å². The number of ether oxygens (including phenoxy) is 1. The van der Waals surface area contributed by atoms with Crippen molar-refractivity contribution in [2.75, 3.05) is 25.6 Å². The molecule has 1 aliphatic heterocycles. The Morgan fingerprint density at radius 2 is 1.79 bits per heavy atom. The molecule has 148 valence electrons. The van der Waals surface area contributed by atoms with Gasteiger partial charge in [0.1, 0.15) is 5.70 Å². The van der Waals surface area contributed by atoms with Gasteiger partial charge in [0.05, 0.1) is 5.57 Å². The molecule has 1 aliphatic rings. The van der Waals surface area contributed by atoms with Crippen LogP contribution in [0.5, 0.6) is 0 Å². The Morgan fingerprint density at radius 3 is 2.36 bits per heavy atom. The molecule has 0 saturated heterocycles. The largest absolute Gasteiger partial charge is 0.385 e. The Morgan fingerprint density at radius 1 is 1.07 bits per heavy atom. The molecule has 3 rings (SSSR count). The van der Waals surface area contributed by atoms with Gasteiger partial charge in [0.15, 0.2) is 0 Å². The molecule has 0 fully saturated rings. The van der Waals surface area contributed by atoms with E-state index in [4.69, 9.17) is 4.74 Å². The second-order valence-corrected chi connectivity index (χ2v) is 8.74. The van der Waals surface area contributed by atoms with Gasteiger partial charge in [0, 0.05) is 30.8 Å². The van der Waals surface area contributed by atoms with Crippen LogP contribution < -0.4 is 5.32 Å². The van der Waals surface area contributed by atoms with Crippen molar-refractivity contribution in [3.63, 3.8) is 0 Å². The number of imide groups is 1. The lowest BCUT2D eigenvalue weighted by Crippen LogP contribution is -2.33. The smallest absolute Gasteiger partial charge is 0.278 e. The summed E-state index contributed by atoms with van der Waals surface area (Å²) in [7, 11) is 1.61. The second kappa shape index (κ2) is 8.29. The van der Waals surface area contributed by atoms with Crippen LogP contribution in [0.2, 0.25) is 0 Å². The lowest BCUT2D eigenvalue weighted by Gasteiger charge is -2.19.